The third-order valence-corrected chi connectivity index (χ3v) is 5.53. The lowest BCUT2D eigenvalue weighted by molar-refractivity contribution is 0.0977. The van der Waals surface area contributed by atoms with E-state index in [9.17, 15) is 0 Å². The minimum atomic E-state index is 0.407. The van der Waals surface area contributed by atoms with Gasteiger partial charge in [-0.05, 0) is 24.6 Å². The summed E-state index contributed by atoms with van der Waals surface area (Å²) in [7, 11) is 3.38. The number of ether oxygens (including phenoxy) is 2. The molecule has 1 aliphatic rings. The van der Waals surface area contributed by atoms with Gasteiger partial charge in [0.15, 0.2) is 0 Å². The Morgan fingerprint density at radius 1 is 1.08 bits per heavy atom. The molecule has 1 saturated heterocycles. The van der Waals surface area contributed by atoms with E-state index in [-0.39, 0.29) is 0 Å². The summed E-state index contributed by atoms with van der Waals surface area (Å²) in [5.41, 5.74) is 1.23. The summed E-state index contributed by atoms with van der Waals surface area (Å²) in [5.74, 6) is 1.70. The van der Waals surface area contributed by atoms with Crippen molar-refractivity contribution in [1.82, 2.24) is 14.8 Å². The van der Waals surface area contributed by atoms with Crippen LogP contribution < -0.4 is 9.47 Å². The number of methoxy groups -OCH3 is 2. The van der Waals surface area contributed by atoms with E-state index in [4.69, 9.17) is 9.47 Å². The summed E-state index contributed by atoms with van der Waals surface area (Å²) in [4.78, 5) is 9.45. The largest absolute Gasteiger partial charge is 0.497 e. The molecule has 0 unspecified atom stereocenters. The predicted octanol–water partition coefficient (Wildman–Crippen LogP) is 3.04. The first kappa shape index (κ1) is 17.2. The number of piperazine rings is 1. The van der Waals surface area contributed by atoms with Crippen LogP contribution in [0.4, 0.5) is 0 Å². The smallest absolute Gasteiger partial charge is 0.122 e. The van der Waals surface area contributed by atoms with Crippen molar-refractivity contribution in [3.63, 3.8) is 0 Å². The first-order chi connectivity index (χ1) is 11.7. The molecule has 1 aromatic carbocycles. The third-order valence-electron chi connectivity index (χ3n) is 4.58. The molecule has 6 heteroatoms. The molecule has 1 fully saturated rings. The van der Waals surface area contributed by atoms with Crippen LogP contribution in [0.25, 0.3) is 0 Å². The maximum atomic E-state index is 5.36. The summed E-state index contributed by atoms with van der Waals surface area (Å²) in [6, 6.07) is 6.50. The van der Waals surface area contributed by atoms with Gasteiger partial charge in [0.2, 0.25) is 0 Å². The maximum absolute atomic E-state index is 5.36. The average molecular weight is 347 g/mol. The van der Waals surface area contributed by atoms with E-state index in [2.05, 4.69) is 39.2 Å². The molecule has 1 aliphatic heterocycles. The molecular weight excluding hydrogens is 322 g/mol. The highest BCUT2D eigenvalue weighted by Crippen LogP contribution is 2.26. The molecule has 2 heterocycles. The van der Waals surface area contributed by atoms with Crippen molar-refractivity contribution < 1.29 is 9.47 Å². The van der Waals surface area contributed by atoms with Crippen LogP contribution in [-0.2, 0) is 6.54 Å². The van der Waals surface area contributed by atoms with Crippen LogP contribution in [0, 0.1) is 0 Å². The number of rotatable bonds is 6. The molecule has 0 amide bonds. The molecule has 5 nitrogen and oxygen atoms in total. The quantitative estimate of drug-likeness (QED) is 0.803. The van der Waals surface area contributed by atoms with E-state index in [1.54, 1.807) is 25.6 Å². The molecule has 0 N–H and O–H groups in total. The van der Waals surface area contributed by atoms with Crippen molar-refractivity contribution in [2.24, 2.45) is 0 Å². The van der Waals surface area contributed by atoms with Gasteiger partial charge in [0, 0.05) is 50.4 Å². The zero-order valence-electron chi connectivity index (χ0n) is 14.6. The highest BCUT2D eigenvalue weighted by atomic mass is 32.1. The van der Waals surface area contributed by atoms with Crippen LogP contribution in [0.15, 0.2) is 29.8 Å². The monoisotopic (exact) mass is 347 g/mol. The van der Waals surface area contributed by atoms with Crippen molar-refractivity contribution in [2.45, 2.75) is 19.5 Å². The van der Waals surface area contributed by atoms with Gasteiger partial charge in [-0.15, -0.1) is 11.3 Å². The van der Waals surface area contributed by atoms with Crippen LogP contribution in [0.3, 0.4) is 0 Å². The fourth-order valence-corrected chi connectivity index (χ4v) is 3.85. The molecule has 1 aromatic heterocycles. The van der Waals surface area contributed by atoms with Gasteiger partial charge < -0.3 is 9.47 Å². The second kappa shape index (κ2) is 7.96. The van der Waals surface area contributed by atoms with E-state index in [0.717, 1.165) is 44.2 Å². The van der Waals surface area contributed by atoms with Gasteiger partial charge in [-0.1, -0.05) is 0 Å². The molecule has 2 aromatic rings. The Morgan fingerprint density at radius 2 is 1.75 bits per heavy atom. The van der Waals surface area contributed by atoms with Gasteiger partial charge in [0.25, 0.3) is 0 Å². The van der Waals surface area contributed by atoms with Crippen molar-refractivity contribution >= 4 is 11.3 Å². The molecule has 1 atom stereocenters. The number of hydrogen-bond acceptors (Lipinski definition) is 6. The minimum Gasteiger partial charge on any atom is -0.497 e. The summed E-state index contributed by atoms with van der Waals surface area (Å²) >= 11 is 1.74. The molecular formula is C18H25N3O2S. The van der Waals surface area contributed by atoms with Gasteiger partial charge in [-0.25, -0.2) is 4.98 Å². The number of thiazole rings is 1. The van der Waals surface area contributed by atoms with E-state index in [1.807, 2.05) is 12.3 Å². The molecule has 24 heavy (non-hydrogen) atoms. The average Bonchev–Trinajstić information content (AvgIpc) is 3.16. The van der Waals surface area contributed by atoms with Gasteiger partial charge >= 0.3 is 0 Å². The topological polar surface area (TPSA) is 37.8 Å². The molecule has 0 aliphatic carbocycles. The van der Waals surface area contributed by atoms with Gasteiger partial charge in [0.05, 0.1) is 20.3 Å². The van der Waals surface area contributed by atoms with Gasteiger partial charge in [0.1, 0.15) is 16.5 Å². The van der Waals surface area contributed by atoms with Gasteiger partial charge in [-0.3, -0.25) is 9.80 Å². The van der Waals surface area contributed by atoms with E-state index < -0.39 is 0 Å². The first-order valence-electron chi connectivity index (χ1n) is 8.27. The highest BCUT2D eigenvalue weighted by molar-refractivity contribution is 7.09. The third kappa shape index (κ3) is 4.06. The second-order valence-corrected chi connectivity index (χ2v) is 7.01. The number of benzene rings is 1. The van der Waals surface area contributed by atoms with E-state index in [0.29, 0.717) is 6.04 Å². The van der Waals surface area contributed by atoms with Crippen LogP contribution in [-0.4, -0.2) is 55.2 Å². The Balaban J connectivity index is 1.57. The van der Waals surface area contributed by atoms with Gasteiger partial charge in [-0.2, -0.15) is 0 Å². The zero-order valence-corrected chi connectivity index (χ0v) is 15.4. The van der Waals surface area contributed by atoms with Crippen LogP contribution in [0.1, 0.15) is 23.5 Å². The predicted molar refractivity (Wildman–Crippen MR) is 96.9 cm³/mol. The lowest BCUT2D eigenvalue weighted by Crippen LogP contribution is -2.46. The maximum Gasteiger partial charge on any atom is 0.122 e. The van der Waals surface area contributed by atoms with E-state index in [1.165, 1.54) is 10.6 Å². The van der Waals surface area contributed by atoms with Crippen molar-refractivity contribution in [2.75, 3.05) is 40.4 Å². The molecule has 0 spiro atoms. The zero-order chi connectivity index (χ0) is 16.9. The summed E-state index contributed by atoms with van der Waals surface area (Å²) in [6.07, 6.45) is 1.89. The number of aromatic nitrogens is 1. The molecule has 0 bridgehead atoms. The minimum absolute atomic E-state index is 0.407. The van der Waals surface area contributed by atoms with Crippen LogP contribution in [0.5, 0.6) is 11.5 Å². The SMILES string of the molecule is COc1cc(CN2CCN([C@@H](C)c3nccs3)CC2)cc(OC)c1. The lowest BCUT2D eigenvalue weighted by atomic mass is 10.1. The molecule has 130 valence electrons. The molecule has 3 rings (SSSR count). The molecule has 0 saturated carbocycles. The van der Waals surface area contributed by atoms with E-state index >= 15 is 0 Å². The van der Waals surface area contributed by atoms with Crippen molar-refractivity contribution in [3.05, 3.63) is 40.3 Å². The Hall–Kier alpha value is -1.63. The number of hydrogen-bond donors (Lipinski definition) is 0. The second-order valence-electron chi connectivity index (χ2n) is 6.08. The normalized spacial score (nSPS) is 17.6. The Kier molecular flexibility index (Phi) is 5.71. The Morgan fingerprint density at radius 3 is 2.29 bits per heavy atom. The van der Waals surface area contributed by atoms with Crippen LogP contribution >= 0.6 is 11.3 Å². The first-order valence-corrected chi connectivity index (χ1v) is 9.15. The summed E-state index contributed by atoms with van der Waals surface area (Å²) in [6.45, 7) is 7.45. The molecule has 0 radical (unpaired) electrons. The number of nitrogens with zero attached hydrogens (tertiary/aromatic N) is 3. The Bertz CT molecular complexity index is 617. The lowest BCUT2D eigenvalue weighted by Gasteiger charge is -2.37. The Labute approximate surface area is 147 Å². The van der Waals surface area contributed by atoms with Crippen molar-refractivity contribution in [3.8, 4) is 11.5 Å². The fourth-order valence-electron chi connectivity index (χ4n) is 3.12. The summed E-state index contributed by atoms with van der Waals surface area (Å²) < 4.78 is 10.7. The van der Waals surface area contributed by atoms with Crippen molar-refractivity contribution in [1.29, 1.82) is 0 Å². The fraction of sp³-hybridized carbons (Fsp3) is 0.500. The highest BCUT2D eigenvalue weighted by Gasteiger charge is 2.23. The standard InChI is InChI=1S/C18H25N3O2S/c1-14(18-19-4-9-24-18)21-7-5-20(6-8-21)13-15-10-16(22-2)12-17(11-15)23-3/h4,9-12,14H,5-8,13H2,1-3H3/t14-/m0/s1. The van der Waals surface area contributed by atoms with Crippen LogP contribution in [0.2, 0.25) is 0 Å². The summed E-state index contributed by atoms with van der Waals surface area (Å²) in [5, 5.41) is 3.26.